The standard InChI is InChI=1S/C20H20P.O3P/c1-2-21(18-12-6-3-7-13-18,19-14-8-4-9-15-19)20-16-10-5-11-17-20;1-4(2)3/h3-17H,2H2,1H3;/q+1;-3/p+2. The molecule has 0 aliphatic rings. The third kappa shape index (κ3) is 4.95. The Bertz CT molecular complexity index is 646. The first-order valence-corrected chi connectivity index (χ1v) is 11.0. The largest absolute Gasteiger partial charge is 1.00 e. The molecule has 130 valence electrons. The first kappa shape index (κ1) is 19.7. The molecule has 0 amide bonds. The molecule has 0 N–H and O–H groups in total. The zero-order valence-electron chi connectivity index (χ0n) is 16.0. The molecule has 0 heterocycles. The number of benzene rings is 3. The topological polar surface area (TPSA) is 69.2 Å². The van der Waals surface area contributed by atoms with E-state index in [-0.39, 0.29) is 2.85 Å². The molecule has 0 atom stereocenters. The van der Waals surface area contributed by atoms with Gasteiger partial charge in [0, 0.05) is 0 Å². The third-order valence-electron chi connectivity index (χ3n) is 4.07. The van der Waals surface area contributed by atoms with Crippen molar-refractivity contribution < 1.29 is 17.5 Å². The fourth-order valence-corrected chi connectivity index (χ4v) is 7.08. The molecule has 0 saturated heterocycles. The summed E-state index contributed by atoms with van der Waals surface area (Å²) in [4.78, 5) is 25.4. The first-order valence-electron chi connectivity index (χ1n) is 7.97. The molecule has 3 rings (SSSR count). The van der Waals surface area contributed by atoms with Crippen molar-refractivity contribution in [2.24, 2.45) is 0 Å². The van der Waals surface area contributed by atoms with Crippen LogP contribution in [0.25, 0.3) is 0 Å². The van der Waals surface area contributed by atoms with Gasteiger partial charge in [0.25, 0.3) is 0 Å². The van der Waals surface area contributed by atoms with Gasteiger partial charge in [-0.25, -0.2) is 0 Å². The first-order chi connectivity index (χ1) is 12.1. The Hall–Kier alpha value is -1.60. The molecule has 25 heavy (non-hydrogen) atoms. The smallest absolute Gasteiger partial charge is 0.854 e. The van der Waals surface area contributed by atoms with Crippen molar-refractivity contribution in [2.45, 2.75) is 6.92 Å². The molecule has 5 heteroatoms. The summed E-state index contributed by atoms with van der Waals surface area (Å²) in [6, 6.07) is 33.0. The molecule has 3 aromatic rings. The lowest BCUT2D eigenvalue weighted by molar-refractivity contribution is -0.407. The van der Waals surface area contributed by atoms with E-state index in [1.54, 1.807) is 0 Å². The Balaban J connectivity index is 0.00000103. The molecule has 3 aromatic carbocycles. The van der Waals surface area contributed by atoms with Crippen LogP contribution in [0, 0.1) is 0 Å². The second kappa shape index (κ2) is 9.77. The van der Waals surface area contributed by atoms with Gasteiger partial charge in [0.2, 0.25) is 0 Å². The molecule has 0 aliphatic carbocycles. The van der Waals surface area contributed by atoms with Crippen LogP contribution in [0.3, 0.4) is 0 Å². The zero-order valence-corrected chi connectivity index (χ0v) is 15.8. The van der Waals surface area contributed by atoms with Gasteiger partial charge in [-0.2, -0.15) is 0 Å². The van der Waals surface area contributed by atoms with E-state index in [9.17, 15) is 0 Å². The van der Waals surface area contributed by atoms with E-state index in [0.717, 1.165) is 6.16 Å². The van der Waals surface area contributed by atoms with Gasteiger partial charge in [0.1, 0.15) is 23.2 Å². The average molecular weight is 372 g/mol. The summed E-state index contributed by atoms with van der Waals surface area (Å²) < 4.78 is 0. The second-order valence-corrected chi connectivity index (χ2v) is 9.60. The van der Waals surface area contributed by atoms with Gasteiger partial charge in [0.05, 0.1) is 6.16 Å². The molecule has 0 aromatic heterocycles. The van der Waals surface area contributed by atoms with Gasteiger partial charge >= 0.3 is 2.85 Å². The van der Waals surface area contributed by atoms with E-state index in [0.29, 0.717) is 0 Å². The number of rotatable bonds is 4. The summed E-state index contributed by atoms with van der Waals surface area (Å²) in [7, 11) is -4.90. The van der Waals surface area contributed by atoms with Crippen LogP contribution in [0.15, 0.2) is 91.0 Å². The van der Waals surface area contributed by atoms with Crippen molar-refractivity contribution in [3.63, 3.8) is 0 Å². The zero-order chi connectivity index (χ0) is 18.1. The van der Waals surface area contributed by atoms with Gasteiger partial charge in [-0.3, -0.25) is 0 Å². The van der Waals surface area contributed by atoms with Crippen LogP contribution in [0.2, 0.25) is 0 Å². The third-order valence-corrected chi connectivity index (χ3v) is 8.55. The van der Waals surface area contributed by atoms with Gasteiger partial charge in [-0.1, -0.05) is 54.6 Å². The van der Waals surface area contributed by atoms with Gasteiger partial charge in [0.15, 0.2) is 0 Å². The summed E-state index contributed by atoms with van der Waals surface area (Å²) in [5.74, 6) is 0. The van der Waals surface area contributed by atoms with E-state index in [4.69, 9.17) is 14.7 Å². The molecule has 0 aliphatic heterocycles. The van der Waals surface area contributed by atoms with Crippen LogP contribution in [0.4, 0.5) is 0 Å². The fraction of sp³-hybridized carbons (Fsp3) is 0.100. The highest BCUT2D eigenvalue weighted by atomic mass is 31.2. The molecule has 0 saturated carbocycles. The normalized spacial score (nSPS) is 10.9. The predicted molar refractivity (Wildman–Crippen MR) is 105 cm³/mol. The Morgan fingerprint density at radius 2 is 0.880 bits per heavy atom. The Kier molecular flexibility index (Phi) is 7.71. The molecular formula is C20H22O3P2. The van der Waals surface area contributed by atoms with E-state index in [1.807, 2.05) is 0 Å². The minimum Gasteiger partial charge on any atom is -0.854 e. The van der Waals surface area contributed by atoms with Gasteiger partial charge in [-0.05, 0) is 43.3 Å². The fourth-order valence-electron chi connectivity index (χ4n) is 3.04. The Morgan fingerprint density at radius 1 is 0.640 bits per heavy atom. The molecule has 0 spiro atoms. The van der Waals surface area contributed by atoms with Crippen molar-refractivity contribution in [1.82, 2.24) is 0 Å². The predicted octanol–water partition coefficient (Wildman–Crippen LogP) is 1.52. The Labute approximate surface area is 153 Å². The van der Waals surface area contributed by atoms with Crippen molar-refractivity contribution in [3.05, 3.63) is 91.0 Å². The number of hydrogen-bond donors (Lipinski definition) is 0. The van der Waals surface area contributed by atoms with Crippen molar-refractivity contribution in [3.8, 4) is 0 Å². The van der Waals surface area contributed by atoms with E-state index < -0.39 is 15.9 Å². The Morgan fingerprint density at radius 3 is 1.08 bits per heavy atom. The van der Waals surface area contributed by atoms with Crippen molar-refractivity contribution in [1.29, 1.82) is 0 Å². The minimum absolute atomic E-state index is 0. The SMILES string of the molecule is CC[P+](c1ccccc1)(c1ccccc1)c1ccccc1.[H+].[H+].[O-]P([O-])[O-]. The molecule has 0 radical (unpaired) electrons. The minimum atomic E-state index is -3.37. The number of hydrogen-bond acceptors (Lipinski definition) is 3. The average Bonchev–Trinajstić information content (AvgIpc) is 2.65. The van der Waals surface area contributed by atoms with Crippen LogP contribution >= 0.6 is 15.9 Å². The van der Waals surface area contributed by atoms with Crippen molar-refractivity contribution >= 4 is 31.8 Å². The van der Waals surface area contributed by atoms with Gasteiger partial charge < -0.3 is 23.3 Å². The quantitative estimate of drug-likeness (QED) is 0.652. The van der Waals surface area contributed by atoms with Crippen LogP contribution in [-0.4, -0.2) is 6.16 Å². The molecule has 0 fully saturated rings. The summed E-state index contributed by atoms with van der Waals surface area (Å²) in [5.41, 5.74) is 0. The summed E-state index contributed by atoms with van der Waals surface area (Å²) in [6.07, 6.45) is 1.14. The summed E-state index contributed by atoms with van der Waals surface area (Å²) in [6.45, 7) is 2.32. The van der Waals surface area contributed by atoms with E-state index in [2.05, 4.69) is 97.9 Å². The highest BCUT2D eigenvalue weighted by Gasteiger charge is 2.43. The lowest BCUT2D eigenvalue weighted by atomic mass is 10.4. The monoisotopic (exact) mass is 372 g/mol. The van der Waals surface area contributed by atoms with Crippen LogP contribution in [-0.2, 0) is 0 Å². The molecule has 0 unspecified atom stereocenters. The maximum atomic E-state index is 8.48. The second-order valence-electron chi connectivity index (χ2n) is 5.36. The summed E-state index contributed by atoms with van der Waals surface area (Å²) >= 11 is 0. The lowest BCUT2D eigenvalue weighted by Crippen LogP contribution is -2.32. The van der Waals surface area contributed by atoms with E-state index >= 15 is 0 Å². The van der Waals surface area contributed by atoms with E-state index in [1.165, 1.54) is 15.9 Å². The maximum absolute atomic E-state index is 8.48. The van der Waals surface area contributed by atoms with Crippen LogP contribution in [0.5, 0.6) is 0 Å². The molecule has 0 bridgehead atoms. The lowest BCUT2D eigenvalue weighted by Gasteiger charge is -2.39. The summed E-state index contributed by atoms with van der Waals surface area (Å²) in [5, 5.41) is 4.39. The van der Waals surface area contributed by atoms with Crippen molar-refractivity contribution in [2.75, 3.05) is 6.16 Å². The van der Waals surface area contributed by atoms with Crippen LogP contribution in [0.1, 0.15) is 9.78 Å². The molecule has 3 nitrogen and oxygen atoms in total. The highest BCUT2D eigenvalue weighted by molar-refractivity contribution is 7.95. The van der Waals surface area contributed by atoms with Crippen LogP contribution < -0.4 is 30.6 Å². The maximum Gasteiger partial charge on any atom is 1.00 e. The highest BCUT2D eigenvalue weighted by Crippen LogP contribution is 2.54. The van der Waals surface area contributed by atoms with Gasteiger partial charge in [-0.15, -0.1) is 0 Å². The molecular weight excluding hydrogens is 350 g/mol.